The molecule has 0 aliphatic carbocycles. The first-order valence-corrected chi connectivity index (χ1v) is 7.53. The third-order valence-corrected chi connectivity index (χ3v) is 4.26. The molecule has 3 heterocycles. The Labute approximate surface area is 120 Å². The van der Waals surface area contributed by atoms with Crippen LogP contribution in [0.25, 0.3) is 10.7 Å². The molecule has 0 unspecified atom stereocenters. The molecule has 5 nitrogen and oxygen atoms in total. The van der Waals surface area contributed by atoms with Gasteiger partial charge in [-0.2, -0.15) is 0 Å². The van der Waals surface area contributed by atoms with Crippen molar-refractivity contribution in [3.8, 4) is 10.7 Å². The van der Waals surface area contributed by atoms with E-state index in [1.807, 2.05) is 17.5 Å². The molecule has 3 rings (SSSR count). The number of carbonyl (C=O) groups is 1. The Morgan fingerprint density at radius 1 is 1.30 bits per heavy atom. The van der Waals surface area contributed by atoms with E-state index in [0.29, 0.717) is 11.6 Å². The van der Waals surface area contributed by atoms with Crippen molar-refractivity contribution in [1.29, 1.82) is 0 Å². The van der Waals surface area contributed by atoms with Crippen molar-refractivity contribution in [2.24, 2.45) is 0 Å². The molecule has 1 fully saturated rings. The second-order valence-electron chi connectivity index (χ2n) is 4.76. The van der Waals surface area contributed by atoms with Crippen molar-refractivity contribution in [1.82, 2.24) is 9.97 Å². The summed E-state index contributed by atoms with van der Waals surface area (Å²) in [6.45, 7) is 1.72. The maximum absolute atomic E-state index is 11.4. The molecule has 2 aromatic rings. The normalized spacial score (nSPS) is 15.3. The first kappa shape index (κ1) is 13.1. The molecule has 1 aliphatic heterocycles. The highest BCUT2D eigenvalue weighted by atomic mass is 32.1. The number of anilines is 1. The minimum atomic E-state index is -0.969. The standard InChI is InChI=1S/C14H15N3O2S/c18-14(19)10-9-15-12(11-5-4-8-20-11)16-13(10)17-6-2-1-3-7-17/h4-5,8-9H,1-3,6-7H2,(H,18,19). The predicted octanol–water partition coefficient (Wildman–Crippen LogP) is 2.89. The van der Waals surface area contributed by atoms with E-state index in [0.717, 1.165) is 30.8 Å². The molecule has 0 bridgehead atoms. The van der Waals surface area contributed by atoms with Crippen molar-refractivity contribution in [3.05, 3.63) is 29.3 Å². The molecule has 0 radical (unpaired) electrons. The van der Waals surface area contributed by atoms with Gasteiger partial charge in [0.1, 0.15) is 11.4 Å². The largest absolute Gasteiger partial charge is 0.477 e. The maximum atomic E-state index is 11.4. The second kappa shape index (κ2) is 5.58. The van der Waals surface area contributed by atoms with Crippen LogP contribution in [-0.2, 0) is 0 Å². The zero-order chi connectivity index (χ0) is 13.9. The Hall–Kier alpha value is -1.95. The van der Waals surface area contributed by atoms with Crippen molar-refractivity contribution >= 4 is 23.1 Å². The minimum Gasteiger partial charge on any atom is -0.477 e. The van der Waals surface area contributed by atoms with Crippen molar-refractivity contribution < 1.29 is 9.90 Å². The van der Waals surface area contributed by atoms with Gasteiger partial charge in [0.15, 0.2) is 5.82 Å². The van der Waals surface area contributed by atoms with Crippen molar-refractivity contribution in [2.45, 2.75) is 19.3 Å². The van der Waals surface area contributed by atoms with Crippen LogP contribution in [0.15, 0.2) is 23.7 Å². The van der Waals surface area contributed by atoms with E-state index >= 15 is 0 Å². The Morgan fingerprint density at radius 3 is 2.75 bits per heavy atom. The van der Waals surface area contributed by atoms with Gasteiger partial charge in [0, 0.05) is 19.3 Å². The third kappa shape index (κ3) is 2.51. The quantitative estimate of drug-likeness (QED) is 0.941. The van der Waals surface area contributed by atoms with E-state index in [9.17, 15) is 9.90 Å². The van der Waals surface area contributed by atoms with Gasteiger partial charge >= 0.3 is 5.97 Å². The van der Waals surface area contributed by atoms with Gasteiger partial charge in [-0.25, -0.2) is 14.8 Å². The molecule has 0 saturated carbocycles. The molecule has 0 amide bonds. The molecule has 0 atom stereocenters. The molecule has 0 spiro atoms. The number of aromatic carboxylic acids is 1. The molecule has 0 aromatic carbocycles. The summed E-state index contributed by atoms with van der Waals surface area (Å²) in [5, 5.41) is 11.3. The van der Waals surface area contributed by atoms with Crippen molar-refractivity contribution in [3.63, 3.8) is 0 Å². The van der Waals surface area contributed by atoms with Crippen LogP contribution in [0.5, 0.6) is 0 Å². The van der Waals surface area contributed by atoms with E-state index in [2.05, 4.69) is 14.9 Å². The molecule has 20 heavy (non-hydrogen) atoms. The van der Waals surface area contributed by atoms with Gasteiger partial charge in [-0.3, -0.25) is 0 Å². The summed E-state index contributed by atoms with van der Waals surface area (Å²) >= 11 is 1.55. The fraction of sp³-hybridized carbons (Fsp3) is 0.357. The second-order valence-corrected chi connectivity index (χ2v) is 5.71. The maximum Gasteiger partial charge on any atom is 0.341 e. The summed E-state index contributed by atoms with van der Waals surface area (Å²) in [7, 11) is 0. The summed E-state index contributed by atoms with van der Waals surface area (Å²) in [4.78, 5) is 23.1. The van der Waals surface area contributed by atoms with Crippen LogP contribution in [0.2, 0.25) is 0 Å². The highest BCUT2D eigenvalue weighted by Gasteiger charge is 2.21. The minimum absolute atomic E-state index is 0.187. The Bertz CT molecular complexity index is 607. The molecule has 1 saturated heterocycles. The number of hydrogen-bond acceptors (Lipinski definition) is 5. The lowest BCUT2D eigenvalue weighted by molar-refractivity contribution is 0.0696. The fourth-order valence-electron chi connectivity index (χ4n) is 2.39. The zero-order valence-corrected chi connectivity index (χ0v) is 11.8. The van der Waals surface area contributed by atoms with Gasteiger partial charge in [-0.15, -0.1) is 11.3 Å². The smallest absolute Gasteiger partial charge is 0.341 e. The number of carboxylic acids is 1. The number of thiophene rings is 1. The lowest BCUT2D eigenvalue weighted by Crippen LogP contribution is -2.32. The lowest BCUT2D eigenvalue weighted by Gasteiger charge is -2.28. The first-order valence-electron chi connectivity index (χ1n) is 6.65. The monoisotopic (exact) mass is 289 g/mol. The van der Waals surface area contributed by atoms with Gasteiger partial charge in [0.05, 0.1) is 4.88 Å². The van der Waals surface area contributed by atoms with Crippen molar-refractivity contribution in [2.75, 3.05) is 18.0 Å². The van der Waals surface area contributed by atoms with Crippen LogP contribution >= 0.6 is 11.3 Å². The summed E-state index contributed by atoms with van der Waals surface area (Å²) in [6.07, 6.45) is 4.78. The van der Waals surface area contributed by atoms with Crippen LogP contribution < -0.4 is 4.90 Å². The summed E-state index contributed by atoms with van der Waals surface area (Å²) in [6, 6.07) is 3.88. The SMILES string of the molecule is O=C(O)c1cnc(-c2cccs2)nc1N1CCCCC1. The predicted molar refractivity (Wildman–Crippen MR) is 78.4 cm³/mol. The fourth-order valence-corrected chi connectivity index (χ4v) is 3.06. The summed E-state index contributed by atoms with van der Waals surface area (Å²) in [5.41, 5.74) is 0.187. The topological polar surface area (TPSA) is 66.3 Å². The molecular formula is C14H15N3O2S. The molecule has 104 valence electrons. The summed E-state index contributed by atoms with van der Waals surface area (Å²) in [5.74, 6) is 0.185. The van der Waals surface area contributed by atoms with E-state index in [4.69, 9.17) is 0 Å². The zero-order valence-electron chi connectivity index (χ0n) is 11.0. The van der Waals surface area contributed by atoms with Crippen LogP contribution in [0, 0.1) is 0 Å². The number of carboxylic acid groups (broad SMARTS) is 1. The van der Waals surface area contributed by atoms with Gasteiger partial charge < -0.3 is 10.0 Å². The number of rotatable bonds is 3. The molecule has 2 aromatic heterocycles. The Kier molecular flexibility index (Phi) is 3.64. The van der Waals surface area contributed by atoms with Crippen LogP contribution in [0.4, 0.5) is 5.82 Å². The molecular weight excluding hydrogens is 274 g/mol. The number of hydrogen-bond donors (Lipinski definition) is 1. The van der Waals surface area contributed by atoms with E-state index in [1.54, 1.807) is 11.3 Å². The van der Waals surface area contributed by atoms with Gasteiger partial charge in [0.25, 0.3) is 0 Å². The van der Waals surface area contributed by atoms with Crippen LogP contribution in [-0.4, -0.2) is 34.1 Å². The lowest BCUT2D eigenvalue weighted by atomic mass is 10.1. The number of aromatic nitrogens is 2. The van der Waals surface area contributed by atoms with Gasteiger partial charge in [-0.1, -0.05) is 6.07 Å². The highest BCUT2D eigenvalue weighted by Crippen LogP contribution is 2.27. The third-order valence-electron chi connectivity index (χ3n) is 3.40. The van der Waals surface area contributed by atoms with Crippen LogP contribution in [0.1, 0.15) is 29.6 Å². The summed E-state index contributed by atoms with van der Waals surface area (Å²) < 4.78 is 0. The average Bonchev–Trinajstić information content (AvgIpc) is 3.02. The molecule has 1 aliphatic rings. The number of piperidine rings is 1. The molecule has 1 N–H and O–H groups in total. The highest BCUT2D eigenvalue weighted by molar-refractivity contribution is 7.13. The first-order chi connectivity index (χ1) is 9.75. The average molecular weight is 289 g/mol. The number of nitrogens with zero attached hydrogens (tertiary/aromatic N) is 3. The Balaban J connectivity index is 2.03. The van der Waals surface area contributed by atoms with Gasteiger partial charge in [-0.05, 0) is 30.7 Å². The van der Waals surface area contributed by atoms with E-state index < -0.39 is 5.97 Å². The van der Waals surface area contributed by atoms with Crippen LogP contribution in [0.3, 0.4) is 0 Å². The van der Waals surface area contributed by atoms with E-state index in [-0.39, 0.29) is 5.56 Å². The Morgan fingerprint density at radius 2 is 2.10 bits per heavy atom. The molecule has 6 heteroatoms. The van der Waals surface area contributed by atoms with E-state index in [1.165, 1.54) is 12.6 Å². The van der Waals surface area contributed by atoms with Gasteiger partial charge in [0.2, 0.25) is 0 Å².